The van der Waals surface area contributed by atoms with Gasteiger partial charge in [0.15, 0.2) is 0 Å². The third-order valence-corrected chi connectivity index (χ3v) is 12.9. The fraction of sp³-hybridized carbons (Fsp3) is 0.972. The first kappa shape index (κ1) is 30.4. The Kier molecular flexibility index (Phi) is 10.7. The topological polar surface area (TPSA) is 26.3 Å². The molecular weight excluding hydrogens is 464 g/mol. The van der Waals surface area contributed by atoms with Gasteiger partial charge in [0.2, 0.25) is 0 Å². The third kappa shape index (κ3) is 6.67. The Morgan fingerprint density at radius 2 is 1.50 bits per heavy atom. The van der Waals surface area contributed by atoms with Gasteiger partial charge in [-0.3, -0.25) is 4.79 Å². The van der Waals surface area contributed by atoms with Crippen molar-refractivity contribution in [1.29, 1.82) is 0 Å². The van der Waals surface area contributed by atoms with Crippen LogP contribution in [0.3, 0.4) is 0 Å². The molecule has 0 heterocycles. The quantitative estimate of drug-likeness (QED) is 0.175. The lowest BCUT2D eigenvalue weighted by molar-refractivity contribution is -0.162. The van der Waals surface area contributed by atoms with E-state index in [2.05, 4.69) is 41.5 Å². The second-order valence-corrected chi connectivity index (χ2v) is 15.6. The van der Waals surface area contributed by atoms with Crippen LogP contribution >= 0.6 is 0 Å². The van der Waals surface area contributed by atoms with Crippen LogP contribution in [0.5, 0.6) is 0 Å². The number of fused-ring (bicyclic) bond motifs is 5. The first-order valence-corrected chi connectivity index (χ1v) is 17.4. The Balaban J connectivity index is 1.28. The highest BCUT2D eigenvalue weighted by atomic mass is 16.5. The van der Waals surface area contributed by atoms with Crippen molar-refractivity contribution in [3.63, 3.8) is 0 Å². The van der Waals surface area contributed by atoms with E-state index in [1.54, 1.807) is 0 Å². The van der Waals surface area contributed by atoms with Crippen LogP contribution in [0.2, 0.25) is 0 Å². The van der Waals surface area contributed by atoms with Crippen LogP contribution in [0.25, 0.3) is 0 Å². The van der Waals surface area contributed by atoms with Crippen molar-refractivity contribution in [3.05, 3.63) is 0 Å². The number of esters is 1. The van der Waals surface area contributed by atoms with Crippen LogP contribution in [0.15, 0.2) is 0 Å². The molecule has 0 N–H and O–H groups in total. The molecule has 5 unspecified atom stereocenters. The molecule has 0 aromatic heterocycles. The Labute approximate surface area is 237 Å². The molecule has 0 radical (unpaired) electrons. The summed E-state index contributed by atoms with van der Waals surface area (Å²) in [7, 11) is 0. The average Bonchev–Trinajstić information content (AvgIpc) is 3.23. The molecule has 9 atom stereocenters. The molecule has 4 aliphatic carbocycles. The van der Waals surface area contributed by atoms with Crippen molar-refractivity contribution < 1.29 is 9.53 Å². The highest BCUT2D eigenvalue weighted by Crippen LogP contribution is 2.68. The lowest BCUT2D eigenvalue weighted by Crippen LogP contribution is -2.54. The van der Waals surface area contributed by atoms with Crippen LogP contribution < -0.4 is 0 Å². The first-order valence-electron chi connectivity index (χ1n) is 17.4. The van der Waals surface area contributed by atoms with Crippen molar-refractivity contribution in [2.75, 3.05) is 0 Å². The van der Waals surface area contributed by atoms with Gasteiger partial charge in [0, 0.05) is 6.42 Å². The van der Waals surface area contributed by atoms with E-state index in [0.717, 1.165) is 60.7 Å². The Bertz CT molecular complexity index is 744. The lowest BCUT2D eigenvalue weighted by atomic mass is 9.44. The van der Waals surface area contributed by atoms with E-state index in [1.807, 2.05) is 0 Å². The number of unbranched alkanes of at least 4 members (excludes halogenated alkanes) is 5. The smallest absolute Gasteiger partial charge is 0.306 e. The van der Waals surface area contributed by atoms with Gasteiger partial charge in [-0.05, 0) is 116 Å². The third-order valence-electron chi connectivity index (χ3n) is 12.9. The number of hydrogen-bond acceptors (Lipinski definition) is 2. The van der Waals surface area contributed by atoms with Gasteiger partial charge in [0.05, 0.1) is 0 Å². The minimum atomic E-state index is 0.0794. The monoisotopic (exact) mass is 528 g/mol. The molecule has 0 aliphatic heterocycles. The second-order valence-electron chi connectivity index (χ2n) is 15.6. The van der Waals surface area contributed by atoms with Crippen LogP contribution in [-0.2, 0) is 9.53 Å². The average molecular weight is 529 g/mol. The summed E-state index contributed by atoms with van der Waals surface area (Å²) < 4.78 is 6.08. The molecule has 0 spiro atoms. The molecule has 0 bridgehead atoms. The van der Waals surface area contributed by atoms with Gasteiger partial charge < -0.3 is 4.74 Å². The van der Waals surface area contributed by atoms with E-state index in [-0.39, 0.29) is 12.1 Å². The van der Waals surface area contributed by atoms with Gasteiger partial charge in [-0.2, -0.15) is 0 Å². The zero-order valence-corrected chi connectivity index (χ0v) is 26.4. The molecule has 0 amide bonds. The van der Waals surface area contributed by atoms with E-state index < -0.39 is 0 Å². The zero-order valence-electron chi connectivity index (χ0n) is 26.4. The van der Waals surface area contributed by atoms with Crippen molar-refractivity contribution in [2.24, 2.45) is 52.3 Å². The maximum atomic E-state index is 12.6. The van der Waals surface area contributed by atoms with Gasteiger partial charge in [0.1, 0.15) is 6.10 Å². The zero-order chi connectivity index (χ0) is 27.3. The van der Waals surface area contributed by atoms with E-state index in [4.69, 9.17) is 4.74 Å². The van der Waals surface area contributed by atoms with Gasteiger partial charge in [-0.1, -0.05) is 92.9 Å². The van der Waals surface area contributed by atoms with E-state index in [1.165, 1.54) is 96.3 Å². The molecule has 4 saturated carbocycles. The Morgan fingerprint density at radius 3 is 2.26 bits per heavy atom. The van der Waals surface area contributed by atoms with E-state index in [0.29, 0.717) is 17.3 Å². The molecule has 2 nitrogen and oxygen atoms in total. The van der Waals surface area contributed by atoms with Crippen molar-refractivity contribution >= 4 is 5.97 Å². The maximum absolute atomic E-state index is 12.6. The summed E-state index contributed by atoms with van der Waals surface area (Å²) in [6.45, 7) is 15.0. The molecule has 4 aliphatic rings. The highest BCUT2D eigenvalue weighted by Gasteiger charge is 2.60. The van der Waals surface area contributed by atoms with Crippen LogP contribution in [0.4, 0.5) is 0 Å². The summed E-state index contributed by atoms with van der Waals surface area (Å²) in [5.74, 6) is 6.37. The van der Waals surface area contributed by atoms with Crippen LogP contribution in [-0.4, -0.2) is 12.1 Å². The molecule has 4 rings (SSSR count). The van der Waals surface area contributed by atoms with Crippen LogP contribution in [0.1, 0.15) is 164 Å². The normalized spacial score (nSPS) is 39.3. The number of hydrogen-bond donors (Lipinski definition) is 0. The molecule has 0 aromatic carbocycles. The largest absolute Gasteiger partial charge is 0.462 e. The summed E-state index contributed by atoms with van der Waals surface area (Å²) in [6, 6.07) is 0. The number of carbonyl (C=O) groups is 1. The standard InChI is InChI=1S/C36H64O2/c1-7-8-9-10-11-12-16-34(37)38-29-21-23-35(5)28(25-29)17-18-30-32-20-19-31(27(4)15-13-14-26(2)3)36(32,6)24-22-33(30)35/h26-33H,7-25H2,1-6H3/t27-,28?,29?,30?,31-,32?,33?,35+,36-/m1/s1. The Hall–Kier alpha value is -0.530. The Morgan fingerprint density at radius 1 is 0.789 bits per heavy atom. The van der Waals surface area contributed by atoms with Crippen molar-refractivity contribution in [2.45, 2.75) is 170 Å². The molecule has 38 heavy (non-hydrogen) atoms. The molecule has 220 valence electrons. The van der Waals surface area contributed by atoms with Crippen molar-refractivity contribution in [1.82, 2.24) is 0 Å². The predicted molar refractivity (Wildman–Crippen MR) is 161 cm³/mol. The fourth-order valence-electron chi connectivity index (χ4n) is 10.6. The highest BCUT2D eigenvalue weighted by molar-refractivity contribution is 5.69. The van der Waals surface area contributed by atoms with Crippen LogP contribution in [0, 0.1) is 52.3 Å². The van der Waals surface area contributed by atoms with E-state index >= 15 is 0 Å². The molecule has 0 saturated heterocycles. The van der Waals surface area contributed by atoms with Gasteiger partial charge >= 0.3 is 5.97 Å². The summed E-state index contributed by atoms with van der Waals surface area (Å²) in [5, 5.41) is 0. The van der Waals surface area contributed by atoms with Gasteiger partial charge in [-0.25, -0.2) is 0 Å². The van der Waals surface area contributed by atoms with Crippen molar-refractivity contribution in [3.8, 4) is 0 Å². The minimum Gasteiger partial charge on any atom is -0.462 e. The van der Waals surface area contributed by atoms with Gasteiger partial charge in [0.25, 0.3) is 0 Å². The van der Waals surface area contributed by atoms with Gasteiger partial charge in [-0.15, -0.1) is 0 Å². The molecular formula is C36H64O2. The maximum Gasteiger partial charge on any atom is 0.306 e. The number of carbonyl (C=O) groups excluding carboxylic acids is 1. The number of ether oxygens (including phenoxy) is 1. The predicted octanol–water partition coefficient (Wildman–Crippen LogP) is 10.8. The minimum absolute atomic E-state index is 0.0794. The molecule has 2 heteroatoms. The summed E-state index contributed by atoms with van der Waals surface area (Å²) in [4.78, 5) is 12.6. The molecule has 0 aromatic rings. The summed E-state index contributed by atoms with van der Waals surface area (Å²) >= 11 is 0. The first-order chi connectivity index (χ1) is 18.2. The second kappa shape index (κ2) is 13.4. The lowest BCUT2D eigenvalue weighted by Gasteiger charge is -2.61. The SMILES string of the molecule is CCCCCCCCC(=O)OC1CC[C@@]2(C)C(CCC3C2CC[C@@]2(C)C3CC[C@@H]2[C@H](C)CCCC(C)C)C1. The van der Waals surface area contributed by atoms with E-state index in [9.17, 15) is 4.79 Å². The number of rotatable bonds is 13. The summed E-state index contributed by atoms with van der Waals surface area (Å²) in [5.41, 5.74) is 1.07. The summed E-state index contributed by atoms with van der Waals surface area (Å²) in [6.07, 6.45) is 24.7. The molecule has 4 fully saturated rings. The fourth-order valence-corrected chi connectivity index (χ4v) is 10.6.